The lowest BCUT2D eigenvalue weighted by molar-refractivity contribution is 0.212. The Balaban J connectivity index is 2.61. The van der Waals surface area contributed by atoms with Gasteiger partial charge in [0.05, 0.1) is 6.10 Å². The Morgan fingerprint density at radius 3 is 2.38 bits per heavy atom. The molecule has 1 atom stereocenters. The molecule has 0 aliphatic carbocycles. The maximum atomic E-state index is 9.56. The summed E-state index contributed by atoms with van der Waals surface area (Å²) < 4.78 is 0. The zero-order valence-corrected chi connectivity index (χ0v) is 10.4. The minimum absolute atomic E-state index is 0.321. The summed E-state index contributed by atoms with van der Waals surface area (Å²) in [6.07, 6.45) is 5.34. The summed E-state index contributed by atoms with van der Waals surface area (Å²) in [5.41, 5.74) is 2.31. The first-order chi connectivity index (χ1) is 7.63. The molecule has 0 saturated carbocycles. The van der Waals surface area contributed by atoms with E-state index in [-0.39, 0.29) is 6.10 Å². The van der Waals surface area contributed by atoms with Crippen LogP contribution in [0.4, 0.5) is 5.69 Å². The van der Waals surface area contributed by atoms with Crippen LogP contribution in [0.1, 0.15) is 25.3 Å². The summed E-state index contributed by atoms with van der Waals surface area (Å²) in [5.74, 6) is 0. The highest BCUT2D eigenvalue weighted by molar-refractivity contribution is 5.55. The van der Waals surface area contributed by atoms with Crippen molar-refractivity contribution < 1.29 is 5.11 Å². The Kier molecular flexibility index (Phi) is 5.06. The molecule has 0 saturated heterocycles. The summed E-state index contributed by atoms with van der Waals surface area (Å²) in [5, 5.41) is 9.56. The lowest BCUT2D eigenvalue weighted by atomic mass is 10.1. The molecule has 0 spiro atoms. The summed E-state index contributed by atoms with van der Waals surface area (Å²) in [4.78, 5) is 2.07. The molecular weight excluding hydrogens is 198 g/mol. The molecule has 1 N–H and O–H groups in total. The van der Waals surface area contributed by atoms with Crippen molar-refractivity contribution in [2.75, 3.05) is 19.0 Å². The molecule has 0 amide bonds. The van der Waals surface area contributed by atoms with Crippen LogP contribution in [0.3, 0.4) is 0 Å². The molecule has 1 aromatic rings. The van der Waals surface area contributed by atoms with Crippen LogP contribution in [-0.2, 0) is 0 Å². The van der Waals surface area contributed by atoms with Gasteiger partial charge in [-0.1, -0.05) is 37.6 Å². The first kappa shape index (κ1) is 12.8. The van der Waals surface area contributed by atoms with E-state index >= 15 is 0 Å². The van der Waals surface area contributed by atoms with E-state index in [1.54, 1.807) is 0 Å². The highest BCUT2D eigenvalue weighted by Gasteiger charge is 1.97. The number of hydrogen-bond acceptors (Lipinski definition) is 2. The number of aliphatic hydroxyl groups excluding tert-OH is 1. The van der Waals surface area contributed by atoms with Crippen LogP contribution in [-0.4, -0.2) is 25.3 Å². The fourth-order valence-electron chi connectivity index (χ4n) is 1.50. The Bertz CT molecular complexity index is 327. The summed E-state index contributed by atoms with van der Waals surface area (Å²) in [6.45, 7) is 2.07. The van der Waals surface area contributed by atoms with Crippen LogP contribution in [0.25, 0.3) is 6.08 Å². The molecule has 0 aliphatic heterocycles. The molecule has 2 heteroatoms. The average molecular weight is 219 g/mol. The zero-order chi connectivity index (χ0) is 12.0. The molecule has 1 rings (SSSR count). The number of anilines is 1. The summed E-state index contributed by atoms with van der Waals surface area (Å²) in [7, 11) is 4.05. The number of benzene rings is 1. The molecule has 0 aromatic heterocycles. The fraction of sp³-hybridized carbons (Fsp3) is 0.429. The maximum Gasteiger partial charge on any atom is 0.0724 e. The maximum absolute atomic E-state index is 9.56. The van der Waals surface area contributed by atoms with Gasteiger partial charge in [-0.15, -0.1) is 0 Å². The van der Waals surface area contributed by atoms with E-state index < -0.39 is 0 Å². The first-order valence-electron chi connectivity index (χ1n) is 5.77. The van der Waals surface area contributed by atoms with Gasteiger partial charge in [-0.05, 0) is 24.1 Å². The predicted molar refractivity (Wildman–Crippen MR) is 70.7 cm³/mol. The zero-order valence-electron chi connectivity index (χ0n) is 10.4. The molecular formula is C14H21NO. The van der Waals surface area contributed by atoms with Crippen LogP contribution < -0.4 is 4.90 Å². The van der Waals surface area contributed by atoms with Gasteiger partial charge < -0.3 is 10.0 Å². The largest absolute Gasteiger partial charge is 0.389 e. The second-order valence-electron chi connectivity index (χ2n) is 4.20. The number of aliphatic hydroxyl groups is 1. The topological polar surface area (TPSA) is 23.5 Å². The van der Waals surface area contributed by atoms with Crippen LogP contribution >= 0.6 is 0 Å². The van der Waals surface area contributed by atoms with Gasteiger partial charge in [0.1, 0.15) is 0 Å². The summed E-state index contributed by atoms with van der Waals surface area (Å²) >= 11 is 0. The fourth-order valence-corrected chi connectivity index (χ4v) is 1.50. The molecule has 2 nitrogen and oxygen atoms in total. The SMILES string of the molecule is CCCC(O)C=Cc1ccc(N(C)C)cc1. The normalized spacial score (nSPS) is 13.0. The van der Waals surface area contributed by atoms with E-state index in [1.807, 2.05) is 26.2 Å². The monoisotopic (exact) mass is 219 g/mol. The minimum atomic E-state index is -0.321. The molecule has 0 aliphatic rings. The third-order valence-electron chi connectivity index (χ3n) is 2.50. The van der Waals surface area contributed by atoms with Crippen LogP contribution in [0.15, 0.2) is 30.3 Å². The van der Waals surface area contributed by atoms with Gasteiger partial charge in [-0.25, -0.2) is 0 Å². The average Bonchev–Trinajstić information content (AvgIpc) is 2.27. The molecule has 0 heterocycles. The molecule has 0 fully saturated rings. The van der Waals surface area contributed by atoms with Crippen molar-refractivity contribution in [2.24, 2.45) is 0 Å². The van der Waals surface area contributed by atoms with E-state index in [1.165, 1.54) is 5.69 Å². The molecule has 0 radical (unpaired) electrons. The Labute approximate surface area is 98.2 Å². The highest BCUT2D eigenvalue weighted by atomic mass is 16.3. The first-order valence-corrected chi connectivity index (χ1v) is 5.77. The van der Waals surface area contributed by atoms with Gasteiger partial charge >= 0.3 is 0 Å². The third-order valence-corrected chi connectivity index (χ3v) is 2.50. The second-order valence-corrected chi connectivity index (χ2v) is 4.20. The van der Waals surface area contributed by atoms with Crippen molar-refractivity contribution in [3.05, 3.63) is 35.9 Å². The van der Waals surface area contributed by atoms with E-state index in [2.05, 4.69) is 36.1 Å². The van der Waals surface area contributed by atoms with Crippen molar-refractivity contribution in [3.63, 3.8) is 0 Å². The standard InChI is InChI=1S/C14H21NO/c1-4-5-14(16)11-8-12-6-9-13(10-7-12)15(2)3/h6-11,14,16H,4-5H2,1-3H3. The van der Waals surface area contributed by atoms with Crippen molar-refractivity contribution in [1.29, 1.82) is 0 Å². The third kappa shape index (κ3) is 4.07. The lowest BCUT2D eigenvalue weighted by Gasteiger charge is -2.11. The van der Waals surface area contributed by atoms with Crippen molar-refractivity contribution in [2.45, 2.75) is 25.9 Å². The van der Waals surface area contributed by atoms with Crippen molar-refractivity contribution >= 4 is 11.8 Å². The van der Waals surface area contributed by atoms with Crippen LogP contribution in [0, 0.1) is 0 Å². The predicted octanol–water partition coefficient (Wildman–Crippen LogP) is 2.93. The van der Waals surface area contributed by atoms with Crippen molar-refractivity contribution in [1.82, 2.24) is 0 Å². The molecule has 16 heavy (non-hydrogen) atoms. The minimum Gasteiger partial charge on any atom is -0.389 e. The van der Waals surface area contributed by atoms with E-state index in [4.69, 9.17) is 0 Å². The Morgan fingerprint density at radius 2 is 1.88 bits per heavy atom. The van der Waals surface area contributed by atoms with Gasteiger partial charge in [0.25, 0.3) is 0 Å². The van der Waals surface area contributed by atoms with Gasteiger partial charge in [0, 0.05) is 19.8 Å². The Hall–Kier alpha value is -1.28. The Morgan fingerprint density at radius 1 is 1.25 bits per heavy atom. The van der Waals surface area contributed by atoms with Crippen LogP contribution in [0.2, 0.25) is 0 Å². The van der Waals surface area contributed by atoms with Gasteiger partial charge in [-0.2, -0.15) is 0 Å². The van der Waals surface area contributed by atoms with Gasteiger partial charge in [-0.3, -0.25) is 0 Å². The lowest BCUT2D eigenvalue weighted by Crippen LogP contribution is -2.07. The number of nitrogens with zero attached hydrogens (tertiary/aromatic N) is 1. The molecule has 1 aromatic carbocycles. The van der Waals surface area contributed by atoms with E-state index in [0.717, 1.165) is 18.4 Å². The van der Waals surface area contributed by atoms with Gasteiger partial charge in [0.15, 0.2) is 0 Å². The van der Waals surface area contributed by atoms with Gasteiger partial charge in [0.2, 0.25) is 0 Å². The number of rotatable bonds is 5. The molecule has 1 unspecified atom stereocenters. The molecule has 88 valence electrons. The van der Waals surface area contributed by atoms with E-state index in [0.29, 0.717) is 0 Å². The highest BCUT2D eigenvalue weighted by Crippen LogP contribution is 2.13. The number of hydrogen-bond donors (Lipinski definition) is 1. The quantitative estimate of drug-likeness (QED) is 0.823. The smallest absolute Gasteiger partial charge is 0.0724 e. The molecule has 0 bridgehead atoms. The van der Waals surface area contributed by atoms with E-state index in [9.17, 15) is 5.11 Å². The summed E-state index contributed by atoms with van der Waals surface area (Å²) in [6, 6.07) is 8.27. The van der Waals surface area contributed by atoms with Crippen LogP contribution in [0.5, 0.6) is 0 Å². The van der Waals surface area contributed by atoms with Crippen molar-refractivity contribution in [3.8, 4) is 0 Å². The second kappa shape index (κ2) is 6.33.